The number of hydrogen-bond donors (Lipinski definition) is 1. The molecule has 2 heterocycles. The van der Waals surface area contributed by atoms with Crippen LogP contribution in [0, 0.1) is 19.8 Å². The van der Waals surface area contributed by atoms with Gasteiger partial charge in [-0.3, -0.25) is 9.69 Å². The number of nitrogens with one attached hydrogen (secondary N) is 1. The summed E-state index contributed by atoms with van der Waals surface area (Å²) >= 11 is 1.57. The van der Waals surface area contributed by atoms with Gasteiger partial charge in [-0.25, -0.2) is 4.98 Å². The van der Waals surface area contributed by atoms with E-state index in [0.29, 0.717) is 24.3 Å². The third kappa shape index (κ3) is 6.46. The van der Waals surface area contributed by atoms with Crippen molar-refractivity contribution in [1.82, 2.24) is 19.8 Å². The highest BCUT2D eigenvalue weighted by Gasteiger charge is 2.24. The van der Waals surface area contributed by atoms with E-state index in [0.717, 1.165) is 37.1 Å². The summed E-state index contributed by atoms with van der Waals surface area (Å²) in [5.74, 6) is 1.12. The van der Waals surface area contributed by atoms with E-state index in [9.17, 15) is 4.79 Å². The van der Waals surface area contributed by atoms with Gasteiger partial charge in [-0.2, -0.15) is 0 Å². The maximum absolute atomic E-state index is 12.5. The van der Waals surface area contributed by atoms with Crippen molar-refractivity contribution >= 4 is 17.7 Å². The maximum Gasteiger partial charge on any atom is 0.230 e. The number of ether oxygens (including phenoxy) is 1. The van der Waals surface area contributed by atoms with Gasteiger partial charge < -0.3 is 14.6 Å². The van der Waals surface area contributed by atoms with Crippen LogP contribution in [0.1, 0.15) is 63.4 Å². The molecule has 164 valence electrons. The Bertz CT molecular complexity index is 670. The summed E-state index contributed by atoms with van der Waals surface area (Å²) in [7, 11) is 0. The third-order valence-corrected chi connectivity index (χ3v) is 6.95. The first-order chi connectivity index (χ1) is 13.9. The Morgan fingerprint density at radius 1 is 1.28 bits per heavy atom. The van der Waals surface area contributed by atoms with Crippen molar-refractivity contribution in [3.8, 4) is 0 Å². The third-order valence-electron chi connectivity index (χ3n) is 6.00. The molecule has 1 aromatic rings. The van der Waals surface area contributed by atoms with Gasteiger partial charge >= 0.3 is 0 Å². The van der Waals surface area contributed by atoms with Crippen LogP contribution in [0.4, 0.5) is 0 Å². The van der Waals surface area contributed by atoms with Crippen LogP contribution in [0.5, 0.6) is 0 Å². The average Bonchev–Trinajstić information content (AvgIpc) is 2.99. The van der Waals surface area contributed by atoms with Gasteiger partial charge in [0, 0.05) is 37.9 Å². The summed E-state index contributed by atoms with van der Waals surface area (Å²) in [5, 5.41) is 4.07. The molecule has 0 aromatic carbocycles. The van der Waals surface area contributed by atoms with E-state index in [4.69, 9.17) is 9.72 Å². The second-order valence-corrected chi connectivity index (χ2v) is 9.91. The van der Waals surface area contributed by atoms with Crippen LogP contribution in [-0.2, 0) is 9.53 Å². The van der Waals surface area contributed by atoms with Gasteiger partial charge in [0.1, 0.15) is 0 Å². The molecule has 29 heavy (non-hydrogen) atoms. The summed E-state index contributed by atoms with van der Waals surface area (Å²) in [6, 6.07) is 0.540. The Labute approximate surface area is 180 Å². The number of carbonyl (C=O) groups is 1. The zero-order valence-corrected chi connectivity index (χ0v) is 19.4. The number of rotatable bonds is 8. The molecule has 2 fully saturated rings. The number of imidazole rings is 1. The van der Waals surface area contributed by atoms with E-state index in [1.54, 1.807) is 11.8 Å². The van der Waals surface area contributed by atoms with E-state index in [-0.39, 0.29) is 12.0 Å². The number of nitrogens with zero attached hydrogens (tertiary/aromatic N) is 3. The molecule has 1 saturated carbocycles. The van der Waals surface area contributed by atoms with Crippen molar-refractivity contribution in [2.45, 2.75) is 77.1 Å². The number of aryl methyl sites for hydroxylation is 1. The summed E-state index contributed by atoms with van der Waals surface area (Å²) in [5.41, 5.74) is 2.33. The van der Waals surface area contributed by atoms with Crippen molar-refractivity contribution in [3.63, 3.8) is 0 Å². The molecule has 1 saturated heterocycles. The molecule has 1 aliphatic heterocycles. The highest BCUT2D eigenvalue weighted by atomic mass is 32.2. The summed E-state index contributed by atoms with van der Waals surface area (Å²) in [6.45, 7) is 13.0. The molecule has 1 N–H and O–H groups in total. The fourth-order valence-electron chi connectivity index (χ4n) is 4.46. The molecule has 1 atom stereocenters. The minimum absolute atomic E-state index is 0.0630. The first-order valence-electron chi connectivity index (χ1n) is 11.2. The predicted molar refractivity (Wildman–Crippen MR) is 119 cm³/mol. The lowest BCUT2D eigenvalue weighted by Gasteiger charge is -2.33. The van der Waals surface area contributed by atoms with Crippen molar-refractivity contribution in [3.05, 3.63) is 11.4 Å². The molecular weight excluding hydrogens is 384 g/mol. The first kappa shape index (κ1) is 22.6. The van der Waals surface area contributed by atoms with Crippen LogP contribution in [0.15, 0.2) is 5.16 Å². The lowest BCUT2D eigenvalue weighted by atomic mass is 9.95. The molecule has 0 unspecified atom stereocenters. The Morgan fingerprint density at radius 2 is 2.03 bits per heavy atom. The molecule has 0 spiro atoms. The normalized spacial score (nSPS) is 21.6. The van der Waals surface area contributed by atoms with E-state index in [1.165, 1.54) is 37.8 Å². The zero-order valence-electron chi connectivity index (χ0n) is 18.6. The SMILES string of the molecule is Cc1nc(SCC(=O)NC[C@@H]2CN(CC(C)C)CCO2)n(C2CCCCC2)c1C. The van der Waals surface area contributed by atoms with Crippen molar-refractivity contribution in [2.24, 2.45) is 5.92 Å². The summed E-state index contributed by atoms with van der Waals surface area (Å²) in [6.07, 6.45) is 6.46. The molecule has 2 aliphatic rings. The standard InChI is InChI=1S/C22H38N4O2S/c1-16(2)13-25-10-11-28-20(14-25)12-23-21(27)15-29-22-24-17(3)18(4)26(22)19-8-6-5-7-9-19/h16,19-20H,5-15H2,1-4H3,(H,23,27)/t20-/m1/s1. The number of carbonyl (C=O) groups excluding carboxylic acids is 1. The van der Waals surface area contributed by atoms with Crippen LogP contribution in [0.3, 0.4) is 0 Å². The molecule has 1 amide bonds. The molecule has 3 rings (SSSR count). The molecule has 1 aromatic heterocycles. The van der Waals surface area contributed by atoms with Gasteiger partial charge in [0.2, 0.25) is 5.91 Å². The van der Waals surface area contributed by atoms with Crippen molar-refractivity contribution in [1.29, 1.82) is 0 Å². The number of aromatic nitrogens is 2. The molecule has 0 radical (unpaired) electrons. The van der Waals surface area contributed by atoms with E-state index >= 15 is 0 Å². The molecule has 6 nitrogen and oxygen atoms in total. The summed E-state index contributed by atoms with van der Waals surface area (Å²) in [4.78, 5) is 19.7. The van der Waals surface area contributed by atoms with Gasteiger partial charge in [0.25, 0.3) is 0 Å². The van der Waals surface area contributed by atoms with Gasteiger partial charge in [-0.1, -0.05) is 44.9 Å². The second kappa shape index (κ2) is 10.8. The van der Waals surface area contributed by atoms with Crippen LogP contribution in [-0.4, -0.2) is 65.0 Å². The molecule has 7 heteroatoms. The van der Waals surface area contributed by atoms with Crippen LogP contribution >= 0.6 is 11.8 Å². The predicted octanol–water partition coefficient (Wildman–Crippen LogP) is 3.57. The van der Waals surface area contributed by atoms with E-state index in [2.05, 4.69) is 42.5 Å². The highest BCUT2D eigenvalue weighted by Crippen LogP contribution is 2.34. The Hall–Kier alpha value is -1.05. The van der Waals surface area contributed by atoms with Gasteiger partial charge in [0.05, 0.1) is 24.2 Å². The first-order valence-corrected chi connectivity index (χ1v) is 12.2. The Morgan fingerprint density at radius 3 is 2.76 bits per heavy atom. The van der Waals surface area contributed by atoms with Gasteiger partial charge in [-0.15, -0.1) is 0 Å². The number of hydrogen-bond acceptors (Lipinski definition) is 5. The summed E-state index contributed by atoms with van der Waals surface area (Å²) < 4.78 is 8.23. The van der Waals surface area contributed by atoms with Gasteiger partial charge in [0.15, 0.2) is 5.16 Å². The highest BCUT2D eigenvalue weighted by molar-refractivity contribution is 7.99. The average molecular weight is 423 g/mol. The molecular formula is C22H38N4O2S. The van der Waals surface area contributed by atoms with Crippen LogP contribution < -0.4 is 5.32 Å². The minimum atomic E-state index is 0.0630. The second-order valence-electron chi connectivity index (χ2n) is 8.97. The van der Waals surface area contributed by atoms with Crippen LogP contribution in [0.25, 0.3) is 0 Å². The van der Waals surface area contributed by atoms with E-state index < -0.39 is 0 Å². The zero-order chi connectivity index (χ0) is 20.8. The quantitative estimate of drug-likeness (QED) is 0.649. The molecule has 0 bridgehead atoms. The van der Waals surface area contributed by atoms with Crippen molar-refractivity contribution in [2.75, 3.05) is 38.5 Å². The number of morpholine rings is 1. The lowest BCUT2D eigenvalue weighted by Crippen LogP contribution is -2.48. The fraction of sp³-hybridized carbons (Fsp3) is 0.818. The smallest absolute Gasteiger partial charge is 0.230 e. The fourth-order valence-corrected chi connectivity index (χ4v) is 5.45. The Balaban J connectivity index is 1.48. The monoisotopic (exact) mass is 422 g/mol. The van der Waals surface area contributed by atoms with Crippen molar-refractivity contribution < 1.29 is 9.53 Å². The lowest BCUT2D eigenvalue weighted by molar-refractivity contribution is -0.119. The molecule has 1 aliphatic carbocycles. The minimum Gasteiger partial charge on any atom is -0.374 e. The number of thioether (sulfide) groups is 1. The van der Waals surface area contributed by atoms with Crippen LogP contribution in [0.2, 0.25) is 0 Å². The topological polar surface area (TPSA) is 59.4 Å². The maximum atomic E-state index is 12.5. The Kier molecular flexibility index (Phi) is 8.45. The number of amides is 1. The largest absolute Gasteiger partial charge is 0.374 e. The van der Waals surface area contributed by atoms with E-state index in [1.807, 2.05) is 0 Å². The van der Waals surface area contributed by atoms with Gasteiger partial charge in [-0.05, 0) is 32.6 Å².